The van der Waals surface area contributed by atoms with Gasteiger partial charge in [-0.05, 0) is 30.9 Å². The second-order valence-corrected chi connectivity index (χ2v) is 4.87. The van der Waals surface area contributed by atoms with E-state index in [1.54, 1.807) is 0 Å². The molecule has 3 unspecified atom stereocenters. The van der Waals surface area contributed by atoms with Crippen molar-refractivity contribution >= 4 is 11.8 Å². The lowest BCUT2D eigenvalue weighted by atomic mass is 9.83. The van der Waals surface area contributed by atoms with Crippen LogP contribution in [0.2, 0.25) is 0 Å². The Labute approximate surface area is 78.2 Å². The van der Waals surface area contributed by atoms with E-state index < -0.39 is 0 Å². The fourth-order valence-electron chi connectivity index (χ4n) is 2.16. The molecule has 1 saturated heterocycles. The maximum Gasteiger partial charge on any atom is 0.0672 e. The van der Waals surface area contributed by atoms with Crippen LogP contribution >= 0.6 is 11.8 Å². The summed E-state index contributed by atoms with van der Waals surface area (Å²) in [6.45, 7) is 0. The van der Waals surface area contributed by atoms with Crippen molar-refractivity contribution in [3.8, 4) is 0 Å². The Morgan fingerprint density at radius 1 is 1.33 bits per heavy atom. The normalized spacial score (nSPS) is 41.9. The van der Waals surface area contributed by atoms with E-state index in [4.69, 9.17) is 0 Å². The number of hydrogen-bond donors (Lipinski definition) is 1. The van der Waals surface area contributed by atoms with Crippen LogP contribution in [0.1, 0.15) is 19.3 Å². The van der Waals surface area contributed by atoms with Crippen molar-refractivity contribution in [2.45, 2.75) is 25.4 Å². The number of rotatable bonds is 1. The molecule has 0 amide bonds. The molecule has 1 fully saturated rings. The molecule has 1 aliphatic carbocycles. The molecule has 1 aliphatic heterocycles. The van der Waals surface area contributed by atoms with Crippen LogP contribution in [0.4, 0.5) is 0 Å². The second-order valence-electron chi connectivity index (χ2n) is 3.79. The highest BCUT2D eigenvalue weighted by Crippen LogP contribution is 2.35. The summed E-state index contributed by atoms with van der Waals surface area (Å²) in [6.07, 6.45) is 8.41. The van der Waals surface area contributed by atoms with Gasteiger partial charge in [-0.15, -0.1) is 0 Å². The zero-order valence-electron chi connectivity index (χ0n) is 7.28. The van der Waals surface area contributed by atoms with Gasteiger partial charge in [-0.1, -0.05) is 12.2 Å². The Kier molecular flexibility index (Phi) is 2.76. The highest BCUT2D eigenvalue weighted by atomic mass is 32.2. The van der Waals surface area contributed by atoms with E-state index in [1.165, 1.54) is 19.3 Å². The average Bonchev–Trinajstić information content (AvgIpc) is 2.53. The van der Waals surface area contributed by atoms with E-state index in [0.717, 1.165) is 11.5 Å². The Hall–Kier alpha value is 0.0500. The summed E-state index contributed by atoms with van der Waals surface area (Å²) in [5, 5.41) is 9.69. The maximum atomic E-state index is 9.69. The number of allylic oxidation sites excluding steroid dienone is 2. The summed E-state index contributed by atoms with van der Waals surface area (Å²) >= 11 is 1.90. The molecule has 3 atom stereocenters. The van der Waals surface area contributed by atoms with Crippen LogP contribution in [0.3, 0.4) is 0 Å². The third-order valence-corrected chi connectivity index (χ3v) is 4.13. The van der Waals surface area contributed by atoms with Gasteiger partial charge in [0.05, 0.1) is 6.10 Å². The Morgan fingerprint density at radius 3 is 2.83 bits per heavy atom. The molecular formula is C10H16OS. The second kappa shape index (κ2) is 3.84. The summed E-state index contributed by atoms with van der Waals surface area (Å²) in [5.74, 6) is 3.33. The minimum atomic E-state index is -0.0391. The van der Waals surface area contributed by atoms with Crippen LogP contribution < -0.4 is 0 Å². The van der Waals surface area contributed by atoms with Gasteiger partial charge in [0.1, 0.15) is 0 Å². The molecule has 68 valence electrons. The Morgan fingerprint density at radius 2 is 2.25 bits per heavy atom. The average molecular weight is 184 g/mol. The fourth-order valence-corrected chi connectivity index (χ4v) is 3.53. The van der Waals surface area contributed by atoms with Crippen LogP contribution in [0.15, 0.2) is 12.2 Å². The van der Waals surface area contributed by atoms with Crippen LogP contribution in [-0.4, -0.2) is 22.7 Å². The molecule has 0 aromatic heterocycles. The van der Waals surface area contributed by atoms with E-state index in [1.807, 2.05) is 11.8 Å². The summed E-state index contributed by atoms with van der Waals surface area (Å²) < 4.78 is 0. The number of thioether (sulfide) groups is 1. The lowest BCUT2D eigenvalue weighted by molar-refractivity contribution is 0.122. The van der Waals surface area contributed by atoms with Crippen molar-refractivity contribution in [2.75, 3.05) is 11.5 Å². The van der Waals surface area contributed by atoms with Gasteiger partial charge in [-0.3, -0.25) is 0 Å². The topological polar surface area (TPSA) is 20.2 Å². The number of hydrogen-bond acceptors (Lipinski definition) is 2. The van der Waals surface area contributed by atoms with Gasteiger partial charge in [0.25, 0.3) is 0 Å². The van der Waals surface area contributed by atoms with Crippen molar-refractivity contribution in [2.24, 2.45) is 11.8 Å². The molecular weight excluding hydrogens is 168 g/mol. The monoisotopic (exact) mass is 184 g/mol. The summed E-state index contributed by atoms with van der Waals surface area (Å²) in [5.41, 5.74) is 0. The fraction of sp³-hybridized carbons (Fsp3) is 0.800. The molecule has 0 aromatic carbocycles. The van der Waals surface area contributed by atoms with Crippen LogP contribution in [0.25, 0.3) is 0 Å². The molecule has 2 heteroatoms. The summed E-state index contributed by atoms with van der Waals surface area (Å²) in [4.78, 5) is 0. The first-order chi connectivity index (χ1) is 5.88. The van der Waals surface area contributed by atoms with Crippen molar-refractivity contribution in [1.29, 1.82) is 0 Å². The lowest BCUT2D eigenvalue weighted by Crippen LogP contribution is -2.26. The molecule has 0 aromatic rings. The molecule has 0 spiro atoms. The molecule has 1 heterocycles. The predicted octanol–water partition coefficient (Wildman–Crippen LogP) is 2.07. The quantitative estimate of drug-likeness (QED) is 0.630. The minimum absolute atomic E-state index is 0.0391. The number of aliphatic hydroxyl groups excluding tert-OH is 1. The van der Waals surface area contributed by atoms with Crippen molar-refractivity contribution < 1.29 is 5.11 Å². The van der Waals surface area contributed by atoms with E-state index >= 15 is 0 Å². The van der Waals surface area contributed by atoms with E-state index in [-0.39, 0.29) is 6.10 Å². The molecule has 12 heavy (non-hydrogen) atoms. The first-order valence-corrected chi connectivity index (χ1v) is 5.96. The Balaban J connectivity index is 1.98. The largest absolute Gasteiger partial charge is 0.392 e. The zero-order valence-corrected chi connectivity index (χ0v) is 8.09. The van der Waals surface area contributed by atoms with E-state index in [9.17, 15) is 5.11 Å². The summed E-state index contributed by atoms with van der Waals surface area (Å²) in [7, 11) is 0. The van der Waals surface area contributed by atoms with Gasteiger partial charge >= 0.3 is 0 Å². The molecule has 2 aliphatic rings. The van der Waals surface area contributed by atoms with Crippen LogP contribution in [-0.2, 0) is 0 Å². The molecule has 1 N–H and O–H groups in total. The van der Waals surface area contributed by atoms with E-state index in [2.05, 4.69) is 12.2 Å². The molecule has 1 nitrogen and oxygen atoms in total. The smallest absolute Gasteiger partial charge is 0.0672 e. The van der Waals surface area contributed by atoms with Crippen LogP contribution in [0, 0.1) is 11.8 Å². The van der Waals surface area contributed by atoms with Gasteiger partial charge in [-0.25, -0.2) is 0 Å². The van der Waals surface area contributed by atoms with Gasteiger partial charge < -0.3 is 5.11 Å². The highest BCUT2D eigenvalue weighted by Gasteiger charge is 2.31. The SMILES string of the molecule is OC1CSCC1C1C=CCCC1. The lowest BCUT2D eigenvalue weighted by Gasteiger charge is -2.24. The Bertz CT molecular complexity index is 179. The molecule has 0 radical (unpaired) electrons. The highest BCUT2D eigenvalue weighted by molar-refractivity contribution is 7.99. The van der Waals surface area contributed by atoms with Crippen molar-refractivity contribution in [3.05, 3.63) is 12.2 Å². The first-order valence-electron chi connectivity index (χ1n) is 4.80. The summed E-state index contributed by atoms with van der Waals surface area (Å²) in [6, 6.07) is 0. The van der Waals surface area contributed by atoms with Crippen molar-refractivity contribution in [1.82, 2.24) is 0 Å². The van der Waals surface area contributed by atoms with Gasteiger partial charge in [0, 0.05) is 11.7 Å². The third-order valence-electron chi connectivity index (χ3n) is 2.93. The maximum absolute atomic E-state index is 9.69. The van der Waals surface area contributed by atoms with Gasteiger partial charge in [-0.2, -0.15) is 11.8 Å². The van der Waals surface area contributed by atoms with E-state index in [0.29, 0.717) is 11.8 Å². The third kappa shape index (κ3) is 1.69. The van der Waals surface area contributed by atoms with Gasteiger partial charge in [0.15, 0.2) is 0 Å². The molecule has 0 bridgehead atoms. The number of aliphatic hydroxyl groups is 1. The standard InChI is InChI=1S/C10H16OS/c11-10-7-12-6-9(10)8-4-2-1-3-5-8/h2,4,8-11H,1,3,5-7H2. The van der Waals surface area contributed by atoms with Crippen molar-refractivity contribution in [3.63, 3.8) is 0 Å². The van der Waals surface area contributed by atoms with Gasteiger partial charge in [0.2, 0.25) is 0 Å². The molecule has 2 rings (SSSR count). The molecule has 0 saturated carbocycles. The zero-order chi connectivity index (χ0) is 8.39. The first kappa shape index (κ1) is 8.64. The minimum Gasteiger partial charge on any atom is -0.392 e. The van der Waals surface area contributed by atoms with Crippen LogP contribution in [0.5, 0.6) is 0 Å². The predicted molar refractivity (Wildman–Crippen MR) is 53.3 cm³/mol.